The summed E-state index contributed by atoms with van der Waals surface area (Å²) in [5, 5.41) is 7.18. The molecule has 1 aromatic rings. The molecule has 0 amide bonds. The summed E-state index contributed by atoms with van der Waals surface area (Å²) >= 11 is 0. The maximum absolute atomic E-state index is 7.18. The third-order valence-corrected chi connectivity index (χ3v) is 2.41. The van der Waals surface area contributed by atoms with Crippen LogP contribution < -0.4 is 10.5 Å². The Hall–Kier alpha value is -1.62. The van der Waals surface area contributed by atoms with E-state index >= 15 is 0 Å². The SMILES string of the molecule is COc1cc(C)nc(CN(C)CCC(=N)N)c1. The van der Waals surface area contributed by atoms with Crippen molar-refractivity contribution in [1.29, 1.82) is 5.41 Å². The number of hydrogen-bond donors (Lipinski definition) is 2. The van der Waals surface area contributed by atoms with Crippen LogP contribution in [0.5, 0.6) is 5.75 Å². The number of amidine groups is 1. The molecule has 0 unspecified atom stereocenters. The van der Waals surface area contributed by atoms with Gasteiger partial charge in [-0.15, -0.1) is 0 Å². The van der Waals surface area contributed by atoms with Crippen molar-refractivity contribution >= 4 is 5.84 Å². The zero-order valence-corrected chi connectivity index (χ0v) is 10.7. The highest BCUT2D eigenvalue weighted by atomic mass is 16.5. The lowest BCUT2D eigenvalue weighted by atomic mass is 10.2. The second-order valence-electron chi connectivity index (χ2n) is 4.15. The van der Waals surface area contributed by atoms with Gasteiger partial charge in [0.2, 0.25) is 0 Å². The first-order valence-corrected chi connectivity index (χ1v) is 5.54. The van der Waals surface area contributed by atoms with Gasteiger partial charge in [-0.3, -0.25) is 10.4 Å². The molecule has 5 heteroatoms. The molecule has 1 aromatic heterocycles. The fourth-order valence-corrected chi connectivity index (χ4v) is 1.57. The monoisotopic (exact) mass is 236 g/mol. The van der Waals surface area contributed by atoms with Gasteiger partial charge in [-0.1, -0.05) is 0 Å². The normalized spacial score (nSPS) is 10.6. The number of rotatable bonds is 6. The van der Waals surface area contributed by atoms with Gasteiger partial charge in [-0.2, -0.15) is 0 Å². The fourth-order valence-electron chi connectivity index (χ4n) is 1.57. The quantitative estimate of drug-likeness (QED) is 0.574. The van der Waals surface area contributed by atoms with Crippen molar-refractivity contribution in [2.24, 2.45) is 5.73 Å². The van der Waals surface area contributed by atoms with Crippen LogP contribution in [-0.4, -0.2) is 36.4 Å². The van der Waals surface area contributed by atoms with E-state index in [-0.39, 0.29) is 5.84 Å². The van der Waals surface area contributed by atoms with Crippen LogP contribution in [0.1, 0.15) is 17.8 Å². The molecule has 0 saturated heterocycles. The highest BCUT2D eigenvalue weighted by Crippen LogP contribution is 2.14. The smallest absolute Gasteiger partial charge is 0.122 e. The Morgan fingerprint density at radius 1 is 1.53 bits per heavy atom. The largest absolute Gasteiger partial charge is 0.497 e. The first-order valence-electron chi connectivity index (χ1n) is 5.54. The Balaban J connectivity index is 2.61. The average molecular weight is 236 g/mol. The number of hydrogen-bond acceptors (Lipinski definition) is 4. The van der Waals surface area contributed by atoms with Gasteiger partial charge in [0.15, 0.2) is 0 Å². The second-order valence-corrected chi connectivity index (χ2v) is 4.15. The van der Waals surface area contributed by atoms with Gasteiger partial charge < -0.3 is 15.4 Å². The lowest BCUT2D eigenvalue weighted by molar-refractivity contribution is 0.330. The zero-order chi connectivity index (χ0) is 12.8. The maximum Gasteiger partial charge on any atom is 0.122 e. The molecule has 0 fully saturated rings. The minimum atomic E-state index is 0.214. The third-order valence-electron chi connectivity index (χ3n) is 2.41. The summed E-state index contributed by atoms with van der Waals surface area (Å²) in [5.74, 6) is 1.04. The molecule has 3 N–H and O–H groups in total. The molecule has 1 rings (SSSR count). The molecule has 0 saturated carbocycles. The molecule has 0 atom stereocenters. The summed E-state index contributed by atoms with van der Waals surface area (Å²) in [4.78, 5) is 6.53. The van der Waals surface area contributed by atoms with E-state index in [9.17, 15) is 0 Å². The Kier molecular flexibility index (Phi) is 4.90. The molecule has 17 heavy (non-hydrogen) atoms. The number of ether oxygens (including phenoxy) is 1. The van der Waals surface area contributed by atoms with Crippen molar-refractivity contribution in [1.82, 2.24) is 9.88 Å². The van der Waals surface area contributed by atoms with Gasteiger partial charge in [0.05, 0.1) is 18.6 Å². The summed E-state index contributed by atoms with van der Waals surface area (Å²) in [6, 6.07) is 3.83. The van der Waals surface area contributed by atoms with Crippen molar-refractivity contribution in [2.45, 2.75) is 19.9 Å². The Morgan fingerprint density at radius 2 is 2.24 bits per heavy atom. The number of pyridine rings is 1. The minimum absolute atomic E-state index is 0.214. The standard InChI is InChI=1S/C12H20N4O/c1-9-6-11(17-3)7-10(15-9)8-16(2)5-4-12(13)14/h6-7H,4-5,8H2,1-3H3,(H3,13,14). The number of nitrogens with zero attached hydrogens (tertiary/aromatic N) is 2. The van der Waals surface area contributed by atoms with Crippen LogP contribution >= 0.6 is 0 Å². The van der Waals surface area contributed by atoms with E-state index in [2.05, 4.69) is 9.88 Å². The molecular formula is C12H20N4O. The highest BCUT2D eigenvalue weighted by molar-refractivity contribution is 5.76. The Labute approximate surface area is 102 Å². The van der Waals surface area contributed by atoms with E-state index in [1.807, 2.05) is 26.1 Å². The molecular weight excluding hydrogens is 216 g/mol. The van der Waals surface area contributed by atoms with Crippen LogP contribution in [0, 0.1) is 12.3 Å². The van der Waals surface area contributed by atoms with Crippen molar-refractivity contribution in [3.05, 3.63) is 23.5 Å². The topological polar surface area (TPSA) is 75.2 Å². The van der Waals surface area contributed by atoms with Crippen LogP contribution in [0.2, 0.25) is 0 Å². The number of methoxy groups -OCH3 is 1. The zero-order valence-electron chi connectivity index (χ0n) is 10.7. The van der Waals surface area contributed by atoms with E-state index in [1.54, 1.807) is 7.11 Å². The predicted octanol–water partition coefficient (Wildman–Crippen LogP) is 1.16. The molecule has 0 aliphatic carbocycles. The van der Waals surface area contributed by atoms with Crippen molar-refractivity contribution in [3.8, 4) is 5.75 Å². The van der Waals surface area contributed by atoms with Gasteiger partial charge >= 0.3 is 0 Å². The molecule has 1 heterocycles. The van der Waals surface area contributed by atoms with Gasteiger partial charge in [-0.25, -0.2) is 0 Å². The number of aryl methyl sites for hydroxylation is 1. The summed E-state index contributed by atoms with van der Waals surface area (Å²) in [6.07, 6.45) is 0.583. The van der Waals surface area contributed by atoms with E-state index < -0.39 is 0 Å². The summed E-state index contributed by atoms with van der Waals surface area (Å²) in [5.41, 5.74) is 7.23. The molecule has 0 aliphatic rings. The molecule has 0 bridgehead atoms. The Bertz CT molecular complexity index is 392. The van der Waals surface area contributed by atoms with E-state index in [0.717, 1.165) is 30.2 Å². The van der Waals surface area contributed by atoms with Gasteiger partial charge in [0.1, 0.15) is 5.75 Å². The molecule has 0 aromatic carbocycles. The predicted molar refractivity (Wildman–Crippen MR) is 68.4 cm³/mol. The number of nitrogens with two attached hydrogens (primary N) is 1. The molecule has 0 radical (unpaired) electrons. The molecule has 0 aliphatic heterocycles. The molecule has 94 valence electrons. The van der Waals surface area contributed by atoms with E-state index in [1.165, 1.54) is 0 Å². The van der Waals surface area contributed by atoms with Gasteiger partial charge in [0, 0.05) is 37.3 Å². The average Bonchev–Trinajstić information content (AvgIpc) is 2.25. The lowest BCUT2D eigenvalue weighted by Crippen LogP contribution is -2.24. The maximum atomic E-state index is 7.18. The first-order chi connectivity index (χ1) is 8.01. The summed E-state index contributed by atoms with van der Waals surface area (Å²) < 4.78 is 5.20. The van der Waals surface area contributed by atoms with Crippen molar-refractivity contribution in [3.63, 3.8) is 0 Å². The van der Waals surface area contributed by atoms with E-state index in [4.69, 9.17) is 15.9 Å². The Morgan fingerprint density at radius 3 is 2.82 bits per heavy atom. The number of nitrogens with one attached hydrogen (secondary N) is 1. The van der Waals surface area contributed by atoms with Crippen LogP contribution in [-0.2, 0) is 6.54 Å². The highest BCUT2D eigenvalue weighted by Gasteiger charge is 2.05. The molecule has 0 spiro atoms. The second kappa shape index (κ2) is 6.20. The van der Waals surface area contributed by atoms with Crippen LogP contribution in [0.4, 0.5) is 0 Å². The van der Waals surface area contributed by atoms with Crippen molar-refractivity contribution in [2.75, 3.05) is 20.7 Å². The van der Waals surface area contributed by atoms with Gasteiger partial charge in [0.25, 0.3) is 0 Å². The summed E-state index contributed by atoms with van der Waals surface area (Å²) in [6.45, 7) is 3.43. The van der Waals surface area contributed by atoms with Crippen LogP contribution in [0.15, 0.2) is 12.1 Å². The fraction of sp³-hybridized carbons (Fsp3) is 0.500. The van der Waals surface area contributed by atoms with E-state index in [0.29, 0.717) is 6.42 Å². The van der Waals surface area contributed by atoms with Gasteiger partial charge in [-0.05, 0) is 14.0 Å². The summed E-state index contributed by atoms with van der Waals surface area (Å²) in [7, 11) is 3.64. The van der Waals surface area contributed by atoms with Crippen LogP contribution in [0.3, 0.4) is 0 Å². The minimum Gasteiger partial charge on any atom is -0.497 e. The lowest BCUT2D eigenvalue weighted by Gasteiger charge is -2.16. The first kappa shape index (κ1) is 13.4. The number of aromatic nitrogens is 1. The van der Waals surface area contributed by atoms with Crippen LogP contribution in [0.25, 0.3) is 0 Å². The third kappa shape index (κ3) is 4.82. The molecule has 5 nitrogen and oxygen atoms in total. The van der Waals surface area contributed by atoms with Crippen molar-refractivity contribution < 1.29 is 4.74 Å².